The van der Waals surface area contributed by atoms with Crippen molar-refractivity contribution < 1.29 is 36.8 Å². The summed E-state index contributed by atoms with van der Waals surface area (Å²) in [6.07, 6.45) is -0.564. The number of hydrogen-bond acceptors (Lipinski definition) is 9. The number of nitrogens with zero attached hydrogens (tertiary/aromatic N) is 1. The molecule has 0 aliphatic rings. The van der Waals surface area contributed by atoms with Crippen LogP contribution in [0.4, 0.5) is 0 Å². The number of nitrogens with one attached hydrogen (secondary N) is 2. The average Bonchev–Trinajstić information content (AvgIpc) is 2.58. The van der Waals surface area contributed by atoms with Crippen molar-refractivity contribution in [1.82, 2.24) is 15.5 Å². The summed E-state index contributed by atoms with van der Waals surface area (Å²) in [7, 11) is -2.14. The number of carbonyl (C=O) groups is 2. The molecule has 2 amide bonds. The van der Waals surface area contributed by atoms with Gasteiger partial charge in [-0.3, -0.25) is 23.6 Å². The van der Waals surface area contributed by atoms with Gasteiger partial charge in [-0.15, -0.1) is 0 Å². The SMILES string of the molecule is COP(=O)(CN(CC(=O)NCCNC(C)=O)CP(=O)(OC)OC)OC. The fraction of sp³-hybridized carbons (Fsp3) is 0.833. The molecule has 0 rings (SSSR count). The molecule has 0 aromatic carbocycles. The van der Waals surface area contributed by atoms with Gasteiger partial charge in [0.05, 0.1) is 6.54 Å². The van der Waals surface area contributed by atoms with Gasteiger partial charge >= 0.3 is 15.2 Å². The summed E-state index contributed by atoms with van der Waals surface area (Å²) in [5.41, 5.74) is 0. The summed E-state index contributed by atoms with van der Waals surface area (Å²) in [6, 6.07) is 0. The highest BCUT2D eigenvalue weighted by atomic mass is 31.2. The van der Waals surface area contributed by atoms with E-state index >= 15 is 0 Å². The molecule has 13 heteroatoms. The molecule has 0 aromatic rings. The number of amides is 2. The van der Waals surface area contributed by atoms with E-state index in [-0.39, 0.29) is 38.1 Å². The quantitative estimate of drug-likeness (QED) is 0.332. The fourth-order valence-electron chi connectivity index (χ4n) is 1.71. The van der Waals surface area contributed by atoms with Crippen LogP contribution in [0, 0.1) is 0 Å². The molecular weight excluding hydrogens is 376 g/mol. The summed E-state index contributed by atoms with van der Waals surface area (Å²) in [4.78, 5) is 24.1. The van der Waals surface area contributed by atoms with Crippen LogP contribution < -0.4 is 10.6 Å². The summed E-state index contributed by atoms with van der Waals surface area (Å²) in [5.74, 6) is -0.638. The summed E-state index contributed by atoms with van der Waals surface area (Å²) < 4.78 is 44.0. The molecule has 0 aliphatic heterocycles. The highest BCUT2D eigenvalue weighted by Crippen LogP contribution is 2.51. The lowest BCUT2D eigenvalue weighted by Gasteiger charge is -2.27. The van der Waals surface area contributed by atoms with Gasteiger partial charge in [0.15, 0.2) is 0 Å². The minimum atomic E-state index is -3.49. The lowest BCUT2D eigenvalue weighted by molar-refractivity contribution is -0.122. The Morgan fingerprint density at radius 3 is 1.60 bits per heavy atom. The van der Waals surface area contributed by atoms with E-state index in [1.165, 1.54) is 40.3 Å². The molecule has 25 heavy (non-hydrogen) atoms. The zero-order valence-corrected chi connectivity index (χ0v) is 16.9. The van der Waals surface area contributed by atoms with Crippen molar-refractivity contribution in [3.63, 3.8) is 0 Å². The van der Waals surface area contributed by atoms with Crippen LogP contribution in [0.3, 0.4) is 0 Å². The van der Waals surface area contributed by atoms with E-state index in [9.17, 15) is 18.7 Å². The van der Waals surface area contributed by atoms with Gasteiger partial charge in [-0.2, -0.15) is 0 Å². The molecule has 0 heterocycles. The monoisotopic (exact) mass is 403 g/mol. The molecular formula is C12H27N3O8P2. The van der Waals surface area contributed by atoms with E-state index in [1.807, 2.05) is 0 Å². The highest BCUT2D eigenvalue weighted by molar-refractivity contribution is 7.54. The fourth-order valence-corrected chi connectivity index (χ4v) is 4.01. The van der Waals surface area contributed by atoms with Crippen molar-refractivity contribution in [2.45, 2.75) is 6.92 Å². The lowest BCUT2D eigenvalue weighted by atomic mass is 10.5. The Labute approximate surface area is 147 Å². The van der Waals surface area contributed by atoms with E-state index < -0.39 is 21.1 Å². The second kappa shape index (κ2) is 11.7. The first kappa shape index (κ1) is 24.2. The summed E-state index contributed by atoms with van der Waals surface area (Å²) in [6.45, 7) is 1.60. The number of carbonyl (C=O) groups excluding carboxylic acids is 2. The van der Waals surface area contributed by atoms with Crippen molar-refractivity contribution in [3.8, 4) is 0 Å². The van der Waals surface area contributed by atoms with Gasteiger partial charge < -0.3 is 28.7 Å². The van der Waals surface area contributed by atoms with Crippen molar-refractivity contribution in [3.05, 3.63) is 0 Å². The Bertz CT molecular complexity index is 486. The summed E-state index contributed by atoms with van der Waals surface area (Å²) in [5, 5.41) is 5.11. The van der Waals surface area contributed by atoms with Crippen LogP contribution in [0.25, 0.3) is 0 Å². The molecule has 0 saturated heterocycles. The average molecular weight is 403 g/mol. The Morgan fingerprint density at radius 2 is 1.24 bits per heavy atom. The maximum atomic E-state index is 12.3. The Hall–Kier alpha value is -0.800. The predicted octanol–water partition coefficient (Wildman–Crippen LogP) is 0.428. The normalized spacial score (nSPS) is 12.2. The third-order valence-electron chi connectivity index (χ3n) is 3.05. The number of hydrogen-bond donors (Lipinski definition) is 2. The zero-order valence-electron chi connectivity index (χ0n) is 15.1. The molecule has 0 aromatic heterocycles. The second-order valence-corrected chi connectivity index (χ2v) is 9.37. The van der Waals surface area contributed by atoms with Crippen molar-refractivity contribution in [2.75, 3.05) is 60.6 Å². The Kier molecular flexibility index (Phi) is 11.4. The van der Waals surface area contributed by atoms with Crippen LogP contribution in [-0.2, 0) is 36.8 Å². The Morgan fingerprint density at radius 1 is 0.840 bits per heavy atom. The molecule has 11 nitrogen and oxygen atoms in total. The zero-order chi connectivity index (χ0) is 19.5. The maximum Gasteiger partial charge on any atom is 0.344 e. The highest BCUT2D eigenvalue weighted by Gasteiger charge is 2.32. The van der Waals surface area contributed by atoms with Gasteiger partial charge in [0.25, 0.3) is 0 Å². The van der Waals surface area contributed by atoms with E-state index in [0.717, 1.165) is 0 Å². The minimum absolute atomic E-state index is 0.210. The van der Waals surface area contributed by atoms with Crippen LogP contribution in [0.1, 0.15) is 6.92 Å². The van der Waals surface area contributed by atoms with Crippen LogP contribution in [0.2, 0.25) is 0 Å². The molecule has 0 radical (unpaired) electrons. The minimum Gasteiger partial charge on any atom is -0.355 e. The van der Waals surface area contributed by atoms with Crippen molar-refractivity contribution >= 4 is 27.0 Å². The van der Waals surface area contributed by atoms with Crippen LogP contribution in [0.5, 0.6) is 0 Å². The predicted molar refractivity (Wildman–Crippen MR) is 91.4 cm³/mol. The van der Waals surface area contributed by atoms with E-state index in [4.69, 9.17) is 18.1 Å². The third-order valence-corrected chi connectivity index (χ3v) is 6.77. The van der Waals surface area contributed by atoms with Crippen LogP contribution in [0.15, 0.2) is 0 Å². The second-order valence-electron chi connectivity index (χ2n) is 4.90. The molecule has 2 N–H and O–H groups in total. The van der Waals surface area contributed by atoms with Crippen molar-refractivity contribution in [2.24, 2.45) is 0 Å². The molecule has 0 unspecified atom stereocenters. The lowest BCUT2D eigenvalue weighted by Crippen LogP contribution is -2.41. The molecule has 148 valence electrons. The van der Waals surface area contributed by atoms with Crippen LogP contribution >= 0.6 is 15.2 Å². The summed E-state index contributed by atoms with van der Waals surface area (Å²) >= 11 is 0. The topological polar surface area (TPSA) is 132 Å². The van der Waals surface area contributed by atoms with E-state index in [2.05, 4.69) is 10.6 Å². The van der Waals surface area contributed by atoms with Gasteiger partial charge in [-0.1, -0.05) is 0 Å². The first-order chi connectivity index (χ1) is 11.6. The van der Waals surface area contributed by atoms with Gasteiger partial charge in [-0.05, 0) is 0 Å². The van der Waals surface area contributed by atoms with Gasteiger partial charge in [0, 0.05) is 48.5 Å². The standard InChI is InChI=1S/C12H27N3O8P2/c1-11(16)13-6-7-14-12(17)8-15(9-24(18,20-2)21-3)10-25(19,22-4)23-5/h6-10H2,1-5H3,(H,13,16)(H,14,17). The van der Waals surface area contributed by atoms with Gasteiger partial charge in [0.2, 0.25) is 11.8 Å². The molecule has 0 fully saturated rings. The molecule has 0 spiro atoms. The van der Waals surface area contributed by atoms with E-state index in [0.29, 0.717) is 0 Å². The maximum absolute atomic E-state index is 12.3. The first-order valence-corrected chi connectivity index (χ1v) is 10.7. The number of rotatable bonds is 13. The van der Waals surface area contributed by atoms with Crippen LogP contribution in [-0.4, -0.2) is 77.4 Å². The first-order valence-electron chi connectivity index (χ1n) is 7.28. The molecule has 0 bridgehead atoms. The smallest absolute Gasteiger partial charge is 0.344 e. The van der Waals surface area contributed by atoms with Gasteiger partial charge in [-0.25, -0.2) is 0 Å². The molecule has 0 atom stereocenters. The third kappa shape index (κ3) is 10.1. The molecule has 0 saturated carbocycles. The molecule has 0 aliphatic carbocycles. The van der Waals surface area contributed by atoms with E-state index in [1.54, 1.807) is 0 Å². The largest absolute Gasteiger partial charge is 0.355 e. The van der Waals surface area contributed by atoms with Crippen molar-refractivity contribution in [1.29, 1.82) is 0 Å². The Balaban J connectivity index is 4.88. The van der Waals surface area contributed by atoms with Gasteiger partial charge in [0.1, 0.15) is 12.6 Å².